The average molecular weight is 429 g/mol. The van der Waals surface area contributed by atoms with Gasteiger partial charge in [-0.2, -0.15) is 0 Å². The SMILES string of the molecule is CN=C(NCCc1ccc(NC(=O)OC(C)(C)C)cc1)NCc1cn2ccsc2n1. The molecule has 0 fully saturated rings. The van der Waals surface area contributed by atoms with Crippen LogP contribution in [0.2, 0.25) is 0 Å². The van der Waals surface area contributed by atoms with Crippen LogP contribution in [0.1, 0.15) is 32.0 Å². The number of rotatable bonds is 6. The number of aromatic nitrogens is 2. The highest BCUT2D eigenvalue weighted by Gasteiger charge is 2.16. The Morgan fingerprint density at radius 2 is 2.00 bits per heavy atom. The highest BCUT2D eigenvalue weighted by Crippen LogP contribution is 2.13. The highest BCUT2D eigenvalue weighted by atomic mass is 32.1. The number of amides is 1. The molecule has 1 aromatic carbocycles. The molecule has 3 aromatic rings. The first kappa shape index (κ1) is 21.6. The number of benzene rings is 1. The van der Waals surface area contributed by atoms with E-state index in [1.54, 1.807) is 18.4 Å². The van der Waals surface area contributed by atoms with E-state index in [1.165, 1.54) is 0 Å². The lowest BCUT2D eigenvalue weighted by Gasteiger charge is -2.19. The molecule has 0 saturated carbocycles. The molecule has 2 aromatic heterocycles. The molecule has 0 spiro atoms. The van der Waals surface area contributed by atoms with Gasteiger partial charge >= 0.3 is 6.09 Å². The number of guanidine groups is 1. The summed E-state index contributed by atoms with van der Waals surface area (Å²) in [5.74, 6) is 0.731. The van der Waals surface area contributed by atoms with E-state index in [0.29, 0.717) is 12.2 Å². The van der Waals surface area contributed by atoms with Crippen LogP contribution in [0, 0.1) is 0 Å². The van der Waals surface area contributed by atoms with Crippen LogP contribution < -0.4 is 16.0 Å². The summed E-state index contributed by atoms with van der Waals surface area (Å²) in [5.41, 5.74) is 2.31. The molecule has 8 nitrogen and oxygen atoms in total. The van der Waals surface area contributed by atoms with Gasteiger partial charge in [-0.3, -0.25) is 14.7 Å². The Bertz CT molecular complexity index is 972. The van der Waals surface area contributed by atoms with Crippen molar-refractivity contribution in [1.29, 1.82) is 0 Å². The molecule has 0 radical (unpaired) electrons. The quantitative estimate of drug-likeness (QED) is 0.412. The number of fused-ring (bicyclic) bond motifs is 1. The van der Waals surface area contributed by atoms with Crippen LogP contribution in [-0.2, 0) is 17.7 Å². The zero-order valence-corrected chi connectivity index (χ0v) is 18.5. The van der Waals surface area contributed by atoms with Crippen molar-refractivity contribution < 1.29 is 9.53 Å². The third kappa shape index (κ3) is 6.48. The number of aliphatic imine (C=N–C) groups is 1. The standard InChI is InChI=1S/C21H28N6O2S/c1-21(2,3)29-20(28)26-16-7-5-15(6-8-16)9-10-23-18(22-4)24-13-17-14-27-11-12-30-19(27)25-17/h5-8,11-12,14H,9-10,13H2,1-4H3,(H,26,28)(H2,22,23,24). The van der Waals surface area contributed by atoms with Crippen molar-refractivity contribution in [3.05, 3.63) is 53.3 Å². The van der Waals surface area contributed by atoms with Crippen molar-refractivity contribution in [2.75, 3.05) is 18.9 Å². The summed E-state index contributed by atoms with van der Waals surface area (Å²) in [4.78, 5) is 21.6. The molecule has 9 heteroatoms. The zero-order chi connectivity index (χ0) is 21.6. The minimum atomic E-state index is -0.518. The van der Waals surface area contributed by atoms with Gasteiger partial charge in [0.05, 0.1) is 12.2 Å². The zero-order valence-electron chi connectivity index (χ0n) is 17.7. The van der Waals surface area contributed by atoms with Crippen molar-refractivity contribution in [1.82, 2.24) is 20.0 Å². The maximum absolute atomic E-state index is 11.8. The molecule has 2 heterocycles. The predicted octanol–water partition coefficient (Wildman–Crippen LogP) is 3.65. The monoisotopic (exact) mass is 428 g/mol. The van der Waals surface area contributed by atoms with Gasteiger partial charge in [0.2, 0.25) is 0 Å². The van der Waals surface area contributed by atoms with Crippen LogP contribution in [0.15, 0.2) is 47.0 Å². The molecule has 1 amide bonds. The van der Waals surface area contributed by atoms with Crippen molar-refractivity contribution >= 4 is 34.0 Å². The van der Waals surface area contributed by atoms with Gasteiger partial charge in [-0.15, -0.1) is 11.3 Å². The third-order valence-electron chi connectivity index (χ3n) is 4.11. The van der Waals surface area contributed by atoms with E-state index in [0.717, 1.165) is 35.1 Å². The number of carbonyl (C=O) groups excluding carboxylic acids is 1. The number of ether oxygens (including phenoxy) is 1. The van der Waals surface area contributed by atoms with Crippen LogP contribution in [0.4, 0.5) is 10.5 Å². The number of carbonyl (C=O) groups is 1. The second-order valence-corrected chi connectivity index (χ2v) is 8.62. The molecular weight excluding hydrogens is 400 g/mol. The molecule has 0 unspecified atom stereocenters. The first-order valence-corrected chi connectivity index (χ1v) is 10.6. The molecule has 0 aliphatic heterocycles. The molecule has 0 aliphatic rings. The fraction of sp³-hybridized carbons (Fsp3) is 0.381. The Hall–Kier alpha value is -3.07. The second-order valence-electron chi connectivity index (χ2n) is 7.75. The van der Waals surface area contributed by atoms with Crippen LogP contribution >= 0.6 is 11.3 Å². The van der Waals surface area contributed by atoms with E-state index in [9.17, 15) is 4.79 Å². The second kappa shape index (κ2) is 9.62. The van der Waals surface area contributed by atoms with E-state index in [2.05, 4.69) is 25.9 Å². The summed E-state index contributed by atoms with van der Waals surface area (Å²) in [7, 11) is 1.75. The number of hydrogen-bond donors (Lipinski definition) is 3. The summed E-state index contributed by atoms with van der Waals surface area (Å²) in [5, 5.41) is 11.3. The number of hydrogen-bond acceptors (Lipinski definition) is 5. The molecule has 3 rings (SSSR count). The first-order chi connectivity index (χ1) is 14.3. The van der Waals surface area contributed by atoms with Gasteiger partial charge < -0.3 is 15.4 Å². The molecule has 3 N–H and O–H groups in total. The maximum Gasteiger partial charge on any atom is 0.412 e. The lowest BCUT2D eigenvalue weighted by atomic mass is 10.1. The van der Waals surface area contributed by atoms with Crippen molar-refractivity contribution in [3.63, 3.8) is 0 Å². The molecule has 0 atom stereocenters. The van der Waals surface area contributed by atoms with E-state index < -0.39 is 11.7 Å². The Kier molecular flexibility index (Phi) is 6.94. The van der Waals surface area contributed by atoms with Crippen LogP contribution in [0.25, 0.3) is 4.96 Å². The molecule has 30 heavy (non-hydrogen) atoms. The number of imidazole rings is 1. The van der Waals surface area contributed by atoms with Gasteiger partial charge in [0.15, 0.2) is 10.9 Å². The van der Waals surface area contributed by atoms with E-state index in [1.807, 2.05) is 67.2 Å². The molecule has 160 valence electrons. The number of thiazole rings is 1. The van der Waals surface area contributed by atoms with Gasteiger partial charge in [-0.1, -0.05) is 12.1 Å². The lowest BCUT2D eigenvalue weighted by Crippen LogP contribution is -2.37. The first-order valence-electron chi connectivity index (χ1n) is 9.77. The lowest BCUT2D eigenvalue weighted by molar-refractivity contribution is 0.0636. The van der Waals surface area contributed by atoms with Crippen molar-refractivity contribution in [3.8, 4) is 0 Å². The van der Waals surface area contributed by atoms with Gasteiger partial charge in [-0.25, -0.2) is 9.78 Å². The molecule has 0 aliphatic carbocycles. The maximum atomic E-state index is 11.8. The Morgan fingerprint density at radius 3 is 2.67 bits per heavy atom. The van der Waals surface area contributed by atoms with Gasteiger partial charge in [0.1, 0.15) is 5.60 Å². The van der Waals surface area contributed by atoms with Gasteiger partial charge in [0.25, 0.3) is 0 Å². The number of nitrogens with zero attached hydrogens (tertiary/aromatic N) is 3. The molecule has 0 bridgehead atoms. The van der Waals surface area contributed by atoms with E-state index in [4.69, 9.17) is 4.74 Å². The Balaban J connectivity index is 1.41. The summed E-state index contributed by atoms with van der Waals surface area (Å²) < 4.78 is 7.27. The van der Waals surface area contributed by atoms with Crippen LogP contribution in [0.3, 0.4) is 0 Å². The third-order valence-corrected chi connectivity index (χ3v) is 4.88. The topological polar surface area (TPSA) is 92.0 Å². The number of anilines is 1. The minimum absolute atomic E-state index is 0.454. The Morgan fingerprint density at radius 1 is 1.23 bits per heavy atom. The fourth-order valence-electron chi connectivity index (χ4n) is 2.76. The van der Waals surface area contributed by atoms with Gasteiger partial charge in [-0.05, 0) is 44.9 Å². The summed E-state index contributed by atoms with van der Waals surface area (Å²) in [6, 6.07) is 7.72. The minimum Gasteiger partial charge on any atom is -0.444 e. The predicted molar refractivity (Wildman–Crippen MR) is 121 cm³/mol. The highest BCUT2D eigenvalue weighted by molar-refractivity contribution is 7.15. The normalized spacial score (nSPS) is 12.1. The summed E-state index contributed by atoms with van der Waals surface area (Å²) in [6.45, 7) is 6.85. The number of nitrogens with one attached hydrogen (secondary N) is 3. The van der Waals surface area contributed by atoms with E-state index in [-0.39, 0.29) is 0 Å². The van der Waals surface area contributed by atoms with Crippen molar-refractivity contribution in [2.45, 2.75) is 39.3 Å². The van der Waals surface area contributed by atoms with Gasteiger partial charge in [0, 0.05) is 37.1 Å². The molecular formula is C21H28N6O2S. The largest absolute Gasteiger partial charge is 0.444 e. The summed E-state index contributed by atoms with van der Waals surface area (Å²) in [6.07, 6.45) is 4.38. The van der Waals surface area contributed by atoms with Crippen LogP contribution in [0.5, 0.6) is 0 Å². The van der Waals surface area contributed by atoms with E-state index >= 15 is 0 Å². The Labute approximate surface area is 180 Å². The molecule has 0 saturated heterocycles. The van der Waals surface area contributed by atoms with Crippen molar-refractivity contribution in [2.24, 2.45) is 4.99 Å². The summed E-state index contributed by atoms with van der Waals surface area (Å²) >= 11 is 1.61. The average Bonchev–Trinajstić information content (AvgIpc) is 3.26. The smallest absolute Gasteiger partial charge is 0.412 e. The fourth-order valence-corrected chi connectivity index (χ4v) is 3.48. The van der Waals surface area contributed by atoms with Crippen LogP contribution in [-0.4, -0.2) is 40.6 Å².